The maximum Gasteiger partial charge on any atom is 0.335 e. The molecule has 2 rings (SSSR count). The van der Waals surface area contributed by atoms with E-state index in [-0.39, 0.29) is 0 Å². The van der Waals surface area contributed by atoms with Crippen molar-refractivity contribution in [1.82, 2.24) is 0 Å². The van der Waals surface area contributed by atoms with Crippen LogP contribution in [0.5, 0.6) is 0 Å². The first-order valence-electron chi connectivity index (χ1n) is 6.18. The van der Waals surface area contributed by atoms with Gasteiger partial charge >= 0.3 is 5.97 Å². The lowest BCUT2D eigenvalue weighted by Gasteiger charge is -2.38. The predicted octanol–water partition coefficient (Wildman–Crippen LogP) is 3.01. The molecule has 2 atom stereocenters. The summed E-state index contributed by atoms with van der Waals surface area (Å²) in [6.45, 7) is 5.56. The molecule has 3 nitrogen and oxygen atoms in total. The molecule has 1 aromatic carbocycles. The Labute approximate surface area is 102 Å². The lowest BCUT2D eigenvalue weighted by atomic mass is 9.94. The van der Waals surface area contributed by atoms with Crippen molar-refractivity contribution < 1.29 is 9.90 Å². The minimum absolute atomic E-state index is 0.353. The van der Waals surface area contributed by atoms with Crippen molar-refractivity contribution in [1.29, 1.82) is 0 Å². The molecule has 1 heterocycles. The van der Waals surface area contributed by atoms with Gasteiger partial charge in [0.2, 0.25) is 0 Å². The Morgan fingerprint density at radius 1 is 1.24 bits per heavy atom. The minimum atomic E-state index is -0.864. The van der Waals surface area contributed by atoms with E-state index in [4.69, 9.17) is 5.11 Å². The van der Waals surface area contributed by atoms with Crippen molar-refractivity contribution in [2.45, 2.75) is 32.7 Å². The molecule has 92 valence electrons. The molecule has 0 bridgehead atoms. The van der Waals surface area contributed by atoms with Gasteiger partial charge in [0.15, 0.2) is 0 Å². The number of carboxylic acid groups (broad SMARTS) is 1. The summed E-state index contributed by atoms with van der Waals surface area (Å²) in [5.41, 5.74) is 1.49. The summed E-state index contributed by atoms with van der Waals surface area (Å²) in [4.78, 5) is 13.2. The molecule has 0 spiro atoms. The molecule has 2 unspecified atom stereocenters. The van der Waals surface area contributed by atoms with Crippen molar-refractivity contribution in [2.75, 3.05) is 11.4 Å². The first-order chi connectivity index (χ1) is 8.08. The van der Waals surface area contributed by atoms with Crippen LogP contribution >= 0.6 is 0 Å². The Morgan fingerprint density at radius 2 is 1.88 bits per heavy atom. The van der Waals surface area contributed by atoms with Crippen LogP contribution in [0.3, 0.4) is 0 Å². The fourth-order valence-electron chi connectivity index (χ4n) is 2.44. The number of rotatable bonds is 2. The maximum atomic E-state index is 10.8. The number of anilines is 1. The van der Waals surface area contributed by atoms with Crippen LogP contribution in [0.15, 0.2) is 24.3 Å². The van der Waals surface area contributed by atoms with Gasteiger partial charge in [-0.25, -0.2) is 4.79 Å². The van der Waals surface area contributed by atoms with Crippen LogP contribution in [0, 0.1) is 5.92 Å². The first kappa shape index (κ1) is 12.0. The van der Waals surface area contributed by atoms with Gasteiger partial charge in [0.25, 0.3) is 0 Å². The Balaban J connectivity index is 2.18. The topological polar surface area (TPSA) is 40.5 Å². The highest BCUT2D eigenvalue weighted by Gasteiger charge is 2.22. The summed E-state index contributed by atoms with van der Waals surface area (Å²) in [6.07, 6.45) is 2.49. The average Bonchev–Trinajstić information content (AvgIpc) is 2.32. The van der Waals surface area contributed by atoms with Crippen LogP contribution in [0.4, 0.5) is 5.69 Å². The van der Waals surface area contributed by atoms with E-state index < -0.39 is 5.97 Å². The van der Waals surface area contributed by atoms with E-state index in [1.165, 1.54) is 12.8 Å². The SMILES string of the molecule is CC1CCC(C)N(c2ccc(C(=O)O)cc2)C1. The molecule has 1 fully saturated rings. The highest BCUT2D eigenvalue weighted by molar-refractivity contribution is 5.88. The molecule has 1 aromatic rings. The molecule has 0 aromatic heterocycles. The third kappa shape index (κ3) is 2.60. The molecular formula is C14H19NO2. The molecular weight excluding hydrogens is 214 g/mol. The smallest absolute Gasteiger partial charge is 0.335 e. The van der Waals surface area contributed by atoms with Gasteiger partial charge in [0.1, 0.15) is 0 Å². The van der Waals surface area contributed by atoms with Crippen LogP contribution in [-0.2, 0) is 0 Å². The fourth-order valence-corrected chi connectivity index (χ4v) is 2.44. The van der Waals surface area contributed by atoms with Crippen molar-refractivity contribution >= 4 is 11.7 Å². The third-order valence-corrected chi connectivity index (χ3v) is 3.56. The van der Waals surface area contributed by atoms with Crippen LogP contribution in [0.2, 0.25) is 0 Å². The first-order valence-corrected chi connectivity index (χ1v) is 6.18. The van der Waals surface area contributed by atoms with Crippen molar-refractivity contribution in [3.05, 3.63) is 29.8 Å². The summed E-state index contributed by atoms with van der Waals surface area (Å²) in [6, 6.07) is 7.74. The molecule has 1 aliphatic rings. The zero-order chi connectivity index (χ0) is 12.4. The average molecular weight is 233 g/mol. The Hall–Kier alpha value is -1.51. The number of carbonyl (C=O) groups is 1. The van der Waals surface area contributed by atoms with Gasteiger partial charge in [-0.3, -0.25) is 0 Å². The lowest BCUT2D eigenvalue weighted by Crippen LogP contribution is -2.41. The minimum Gasteiger partial charge on any atom is -0.478 e. The second-order valence-corrected chi connectivity index (χ2v) is 5.04. The van der Waals surface area contributed by atoms with Gasteiger partial charge in [-0.1, -0.05) is 6.92 Å². The monoisotopic (exact) mass is 233 g/mol. The number of hydrogen-bond acceptors (Lipinski definition) is 2. The molecule has 0 aliphatic carbocycles. The van der Waals surface area contributed by atoms with Gasteiger partial charge in [-0.2, -0.15) is 0 Å². The van der Waals surface area contributed by atoms with Gasteiger partial charge in [0, 0.05) is 18.3 Å². The molecule has 1 N–H and O–H groups in total. The van der Waals surface area contributed by atoms with E-state index in [0.29, 0.717) is 17.5 Å². The summed E-state index contributed by atoms with van der Waals surface area (Å²) < 4.78 is 0. The fraction of sp³-hybridized carbons (Fsp3) is 0.500. The van der Waals surface area contributed by atoms with E-state index in [9.17, 15) is 4.79 Å². The molecule has 0 amide bonds. The van der Waals surface area contributed by atoms with Crippen molar-refractivity contribution in [2.24, 2.45) is 5.92 Å². The Bertz CT molecular complexity index is 399. The number of aromatic carboxylic acids is 1. The van der Waals surface area contributed by atoms with Crippen LogP contribution < -0.4 is 4.90 Å². The molecule has 1 aliphatic heterocycles. The standard InChI is InChI=1S/C14H19NO2/c1-10-3-4-11(2)15(9-10)13-7-5-12(6-8-13)14(16)17/h5-8,10-11H,3-4,9H2,1-2H3,(H,16,17). The normalized spacial score (nSPS) is 24.7. The quantitative estimate of drug-likeness (QED) is 0.853. The number of benzene rings is 1. The molecule has 1 saturated heterocycles. The maximum absolute atomic E-state index is 10.8. The van der Waals surface area contributed by atoms with Crippen molar-refractivity contribution in [3.8, 4) is 0 Å². The van der Waals surface area contributed by atoms with Crippen molar-refractivity contribution in [3.63, 3.8) is 0 Å². The lowest BCUT2D eigenvalue weighted by molar-refractivity contribution is 0.0697. The molecule has 0 radical (unpaired) electrons. The van der Waals surface area contributed by atoms with Gasteiger partial charge in [-0.15, -0.1) is 0 Å². The second kappa shape index (κ2) is 4.78. The highest BCUT2D eigenvalue weighted by Crippen LogP contribution is 2.27. The van der Waals surface area contributed by atoms with Gasteiger partial charge < -0.3 is 10.0 Å². The van der Waals surface area contributed by atoms with E-state index in [1.807, 2.05) is 12.1 Å². The molecule has 0 saturated carbocycles. The summed E-state index contributed by atoms with van der Waals surface area (Å²) in [7, 11) is 0. The summed E-state index contributed by atoms with van der Waals surface area (Å²) in [5.74, 6) is -0.151. The Morgan fingerprint density at radius 3 is 2.47 bits per heavy atom. The third-order valence-electron chi connectivity index (χ3n) is 3.56. The number of hydrogen-bond donors (Lipinski definition) is 1. The molecule has 3 heteroatoms. The highest BCUT2D eigenvalue weighted by atomic mass is 16.4. The van der Waals surface area contributed by atoms with E-state index in [1.54, 1.807) is 12.1 Å². The van der Waals surface area contributed by atoms with E-state index in [0.717, 1.165) is 12.2 Å². The summed E-state index contributed by atoms with van der Waals surface area (Å²) in [5, 5.41) is 8.87. The summed E-state index contributed by atoms with van der Waals surface area (Å²) >= 11 is 0. The second-order valence-electron chi connectivity index (χ2n) is 5.04. The van der Waals surface area contributed by atoms with Crippen LogP contribution in [0.1, 0.15) is 37.0 Å². The molecule has 17 heavy (non-hydrogen) atoms. The van der Waals surface area contributed by atoms with Gasteiger partial charge in [0.05, 0.1) is 5.56 Å². The van der Waals surface area contributed by atoms with E-state index in [2.05, 4.69) is 18.7 Å². The number of nitrogens with zero attached hydrogens (tertiary/aromatic N) is 1. The predicted molar refractivity (Wildman–Crippen MR) is 68.6 cm³/mol. The van der Waals surface area contributed by atoms with E-state index >= 15 is 0 Å². The number of carboxylic acids is 1. The number of piperidine rings is 1. The zero-order valence-corrected chi connectivity index (χ0v) is 10.4. The Kier molecular flexibility index (Phi) is 3.36. The van der Waals surface area contributed by atoms with Crippen LogP contribution in [-0.4, -0.2) is 23.7 Å². The zero-order valence-electron chi connectivity index (χ0n) is 10.4. The van der Waals surface area contributed by atoms with Crippen LogP contribution in [0.25, 0.3) is 0 Å². The largest absolute Gasteiger partial charge is 0.478 e. The van der Waals surface area contributed by atoms with Gasteiger partial charge in [-0.05, 0) is 49.9 Å².